The zero-order valence-electron chi connectivity index (χ0n) is 14.6. The molecule has 0 bridgehead atoms. The molecule has 130 valence electrons. The number of fused-ring (bicyclic) bond motifs is 3. The predicted octanol–water partition coefficient (Wildman–Crippen LogP) is 2.78. The van der Waals surface area contributed by atoms with Gasteiger partial charge in [0.25, 0.3) is 0 Å². The third-order valence-electron chi connectivity index (χ3n) is 6.42. The zero-order chi connectivity index (χ0) is 16.9. The summed E-state index contributed by atoms with van der Waals surface area (Å²) in [5.41, 5.74) is 4.14. The Hall–Kier alpha value is -2.10. The van der Waals surface area contributed by atoms with Gasteiger partial charge in [0.1, 0.15) is 5.82 Å². The number of carbonyl (C=O) groups is 1. The van der Waals surface area contributed by atoms with Gasteiger partial charge in [-0.25, -0.2) is 4.98 Å². The molecule has 1 aromatic carbocycles. The van der Waals surface area contributed by atoms with Crippen molar-refractivity contribution in [3.05, 3.63) is 53.1 Å². The van der Waals surface area contributed by atoms with Gasteiger partial charge in [0.05, 0.1) is 5.69 Å². The van der Waals surface area contributed by atoms with E-state index >= 15 is 0 Å². The monoisotopic (exact) mass is 335 g/mol. The standard InChI is InChI=1S/C21H25N3O/c25-20(18-13-21(18)10-8-15-5-1-2-6-17(15)21)22-11-9-16-14-24-12-4-3-7-19(24)23-16/h1-2,5-6,14,18H,3-4,7-13H2,(H,22,25)/t18-,21-/m0/s1. The van der Waals surface area contributed by atoms with Gasteiger partial charge in [-0.15, -0.1) is 0 Å². The molecule has 0 saturated heterocycles. The third kappa shape index (κ3) is 2.50. The first kappa shape index (κ1) is 15.2. The minimum Gasteiger partial charge on any atom is -0.355 e. The van der Waals surface area contributed by atoms with Crippen molar-refractivity contribution in [3.8, 4) is 0 Å². The predicted molar refractivity (Wildman–Crippen MR) is 96.4 cm³/mol. The van der Waals surface area contributed by atoms with Crippen molar-refractivity contribution in [3.63, 3.8) is 0 Å². The fraction of sp³-hybridized carbons (Fsp3) is 0.524. The van der Waals surface area contributed by atoms with E-state index in [2.05, 4.69) is 40.3 Å². The summed E-state index contributed by atoms with van der Waals surface area (Å²) in [5.74, 6) is 1.63. The molecular weight excluding hydrogens is 310 g/mol. The maximum Gasteiger partial charge on any atom is 0.224 e. The summed E-state index contributed by atoms with van der Waals surface area (Å²) in [5, 5.41) is 3.17. The molecular formula is C21H25N3O. The number of rotatable bonds is 4. The van der Waals surface area contributed by atoms with E-state index in [0.717, 1.165) is 44.3 Å². The molecule has 1 aliphatic heterocycles. The number of imidazole rings is 1. The summed E-state index contributed by atoms with van der Waals surface area (Å²) < 4.78 is 2.28. The van der Waals surface area contributed by atoms with Crippen molar-refractivity contribution in [2.75, 3.05) is 6.54 Å². The Labute approximate surface area is 148 Å². The van der Waals surface area contributed by atoms with Gasteiger partial charge >= 0.3 is 0 Å². The SMILES string of the molecule is O=C(NCCc1cn2c(n1)CCCC2)[C@@H]1C[C@]12CCc1ccccc12. The number of carbonyl (C=O) groups excluding carboxylic acids is 1. The summed E-state index contributed by atoms with van der Waals surface area (Å²) in [6.07, 6.45) is 9.89. The first-order valence-electron chi connectivity index (χ1n) is 9.67. The van der Waals surface area contributed by atoms with Gasteiger partial charge in [0.15, 0.2) is 0 Å². The number of amides is 1. The van der Waals surface area contributed by atoms with Crippen molar-refractivity contribution in [2.45, 2.75) is 56.9 Å². The maximum absolute atomic E-state index is 12.6. The van der Waals surface area contributed by atoms with E-state index in [1.54, 1.807) is 0 Å². The second-order valence-electron chi connectivity index (χ2n) is 7.91. The summed E-state index contributed by atoms with van der Waals surface area (Å²) in [6, 6.07) is 8.67. The lowest BCUT2D eigenvalue weighted by Crippen LogP contribution is -2.29. The normalized spacial score (nSPS) is 26.3. The smallest absolute Gasteiger partial charge is 0.224 e. The van der Waals surface area contributed by atoms with Gasteiger partial charge in [0.2, 0.25) is 5.91 Å². The molecule has 2 heterocycles. The second kappa shape index (κ2) is 5.72. The van der Waals surface area contributed by atoms with Crippen LogP contribution in [0.5, 0.6) is 0 Å². The van der Waals surface area contributed by atoms with Crippen LogP contribution in [-0.4, -0.2) is 22.0 Å². The molecule has 2 aliphatic carbocycles. The Morgan fingerprint density at radius 2 is 2.20 bits per heavy atom. The Balaban J connectivity index is 1.18. The van der Waals surface area contributed by atoms with E-state index in [1.165, 1.54) is 29.8 Å². The van der Waals surface area contributed by atoms with E-state index < -0.39 is 0 Å². The average molecular weight is 335 g/mol. The lowest BCUT2D eigenvalue weighted by Gasteiger charge is -2.11. The van der Waals surface area contributed by atoms with Gasteiger partial charge < -0.3 is 9.88 Å². The highest BCUT2D eigenvalue weighted by atomic mass is 16.2. The van der Waals surface area contributed by atoms with E-state index in [-0.39, 0.29) is 17.2 Å². The van der Waals surface area contributed by atoms with Crippen molar-refractivity contribution in [2.24, 2.45) is 5.92 Å². The van der Waals surface area contributed by atoms with Crippen LogP contribution in [0.3, 0.4) is 0 Å². The number of benzene rings is 1. The van der Waals surface area contributed by atoms with Crippen molar-refractivity contribution in [1.82, 2.24) is 14.9 Å². The molecule has 3 aliphatic rings. The summed E-state index contributed by atoms with van der Waals surface area (Å²) >= 11 is 0. The molecule has 5 rings (SSSR count). The highest BCUT2D eigenvalue weighted by molar-refractivity contribution is 5.85. The van der Waals surface area contributed by atoms with E-state index in [4.69, 9.17) is 4.98 Å². The van der Waals surface area contributed by atoms with Crippen LogP contribution in [0.1, 0.15) is 48.3 Å². The number of nitrogens with one attached hydrogen (secondary N) is 1. The molecule has 25 heavy (non-hydrogen) atoms. The van der Waals surface area contributed by atoms with Crippen molar-refractivity contribution < 1.29 is 4.79 Å². The third-order valence-corrected chi connectivity index (χ3v) is 6.42. The largest absolute Gasteiger partial charge is 0.355 e. The molecule has 0 radical (unpaired) electrons. The number of hydrogen-bond acceptors (Lipinski definition) is 2. The molecule has 1 aromatic heterocycles. The van der Waals surface area contributed by atoms with Crippen LogP contribution in [0, 0.1) is 5.92 Å². The van der Waals surface area contributed by atoms with Gasteiger partial charge in [0, 0.05) is 43.5 Å². The fourth-order valence-corrected chi connectivity index (χ4v) is 4.97. The summed E-state index contributed by atoms with van der Waals surface area (Å²) in [6.45, 7) is 1.79. The Morgan fingerprint density at radius 1 is 1.28 bits per heavy atom. The molecule has 4 heteroatoms. The van der Waals surface area contributed by atoms with Crippen LogP contribution in [0.2, 0.25) is 0 Å². The fourth-order valence-electron chi connectivity index (χ4n) is 4.97. The van der Waals surface area contributed by atoms with Crippen LogP contribution in [0.25, 0.3) is 0 Å². The van der Waals surface area contributed by atoms with E-state index in [0.29, 0.717) is 6.54 Å². The maximum atomic E-state index is 12.6. The van der Waals surface area contributed by atoms with Crippen LogP contribution in [0.4, 0.5) is 0 Å². The van der Waals surface area contributed by atoms with E-state index in [9.17, 15) is 4.79 Å². The Bertz CT molecular complexity index is 801. The molecule has 4 nitrogen and oxygen atoms in total. The zero-order valence-corrected chi connectivity index (χ0v) is 14.6. The van der Waals surface area contributed by atoms with Crippen LogP contribution in [0.15, 0.2) is 30.5 Å². The number of aryl methyl sites for hydroxylation is 3. The Morgan fingerprint density at radius 3 is 3.12 bits per heavy atom. The Kier molecular flexibility index (Phi) is 3.47. The van der Waals surface area contributed by atoms with Gasteiger partial charge in [-0.1, -0.05) is 24.3 Å². The molecule has 2 atom stereocenters. The lowest BCUT2D eigenvalue weighted by atomic mass is 9.95. The quantitative estimate of drug-likeness (QED) is 0.934. The highest BCUT2D eigenvalue weighted by Gasteiger charge is 2.61. The van der Waals surface area contributed by atoms with Gasteiger partial charge in [-0.3, -0.25) is 4.79 Å². The number of hydrogen-bond donors (Lipinski definition) is 1. The van der Waals surface area contributed by atoms with Gasteiger partial charge in [-0.05, 0) is 43.2 Å². The molecule has 0 unspecified atom stereocenters. The van der Waals surface area contributed by atoms with E-state index in [1.807, 2.05) is 0 Å². The molecule has 1 spiro atoms. The number of aromatic nitrogens is 2. The van der Waals surface area contributed by atoms with Crippen molar-refractivity contribution >= 4 is 5.91 Å². The first-order valence-corrected chi connectivity index (χ1v) is 9.67. The van der Waals surface area contributed by atoms with Gasteiger partial charge in [-0.2, -0.15) is 0 Å². The molecule has 1 N–H and O–H groups in total. The van der Waals surface area contributed by atoms with Crippen LogP contribution < -0.4 is 5.32 Å². The lowest BCUT2D eigenvalue weighted by molar-refractivity contribution is -0.122. The first-order chi connectivity index (χ1) is 12.3. The molecule has 2 aromatic rings. The highest BCUT2D eigenvalue weighted by Crippen LogP contribution is 2.61. The summed E-state index contributed by atoms with van der Waals surface area (Å²) in [7, 11) is 0. The number of nitrogens with zero attached hydrogens (tertiary/aromatic N) is 2. The molecule has 1 fully saturated rings. The average Bonchev–Trinajstić information content (AvgIpc) is 3.03. The molecule has 1 amide bonds. The summed E-state index contributed by atoms with van der Waals surface area (Å²) in [4.78, 5) is 17.3. The van der Waals surface area contributed by atoms with Crippen LogP contribution in [-0.2, 0) is 36.0 Å². The molecule has 1 saturated carbocycles. The minimum absolute atomic E-state index is 0.147. The topological polar surface area (TPSA) is 46.9 Å². The second-order valence-corrected chi connectivity index (χ2v) is 7.91. The van der Waals surface area contributed by atoms with Crippen LogP contribution >= 0.6 is 0 Å². The van der Waals surface area contributed by atoms with Crippen molar-refractivity contribution in [1.29, 1.82) is 0 Å². The minimum atomic E-state index is 0.147.